The molecule has 1 aromatic heterocycles. The lowest BCUT2D eigenvalue weighted by molar-refractivity contribution is 0.464. The van der Waals surface area contributed by atoms with Crippen molar-refractivity contribution in [2.45, 2.75) is 26.1 Å². The molecule has 0 unspecified atom stereocenters. The number of hydrogen-bond donors (Lipinski definition) is 0. The van der Waals surface area contributed by atoms with Crippen LogP contribution in [0.5, 0.6) is 0 Å². The summed E-state index contributed by atoms with van der Waals surface area (Å²) in [6.45, 7) is 4.19. The molecule has 0 fully saturated rings. The van der Waals surface area contributed by atoms with Gasteiger partial charge in [-0.05, 0) is 31.5 Å². The molecule has 0 bridgehead atoms. The predicted octanol–water partition coefficient (Wildman–Crippen LogP) is 3.45. The number of hydrogen-bond acceptors (Lipinski definition) is 3. The van der Waals surface area contributed by atoms with Gasteiger partial charge < -0.3 is 0 Å². The molecule has 1 heterocycles. The van der Waals surface area contributed by atoms with E-state index in [1.165, 1.54) is 4.31 Å². The third-order valence-corrected chi connectivity index (χ3v) is 6.27. The normalized spacial score (nSPS) is 11.8. The molecule has 0 aliphatic heterocycles. The van der Waals surface area contributed by atoms with Crippen molar-refractivity contribution in [2.24, 2.45) is 0 Å². The minimum absolute atomic E-state index is 0.00470. The quantitative estimate of drug-likeness (QED) is 0.669. The molecule has 6 heteroatoms. The summed E-state index contributed by atoms with van der Waals surface area (Å²) in [7, 11) is -1.78. The lowest BCUT2D eigenvalue weighted by Gasteiger charge is -2.17. The first-order valence-electron chi connectivity index (χ1n) is 8.47. The molecule has 0 aliphatic carbocycles. The van der Waals surface area contributed by atoms with Crippen molar-refractivity contribution in [1.82, 2.24) is 14.1 Å². The van der Waals surface area contributed by atoms with Gasteiger partial charge in [-0.3, -0.25) is 0 Å². The predicted molar refractivity (Wildman–Crippen MR) is 104 cm³/mol. The molecular weight excluding hydrogens is 346 g/mol. The van der Waals surface area contributed by atoms with Gasteiger partial charge in [-0.15, -0.1) is 0 Å². The Balaban J connectivity index is 1.83. The highest BCUT2D eigenvalue weighted by atomic mass is 32.2. The molecular formula is C20H23N3O2S. The van der Waals surface area contributed by atoms with Crippen LogP contribution in [0.1, 0.15) is 22.5 Å². The number of sulfonamides is 1. The summed E-state index contributed by atoms with van der Waals surface area (Å²) in [5.41, 5.74) is 4.48. The maximum atomic E-state index is 12.7. The Hall–Kier alpha value is -2.44. The zero-order valence-corrected chi connectivity index (χ0v) is 16.1. The second-order valence-corrected chi connectivity index (χ2v) is 8.47. The monoisotopic (exact) mass is 369 g/mol. The smallest absolute Gasteiger partial charge is 0.218 e. The molecule has 0 amide bonds. The first-order chi connectivity index (χ1) is 12.4. The van der Waals surface area contributed by atoms with E-state index in [0.717, 1.165) is 28.2 Å². The lowest BCUT2D eigenvalue weighted by Crippen LogP contribution is -2.28. The Bertz CT molecular complexity index is 981. The van der Waals surface area contributed by atoms with Crippen molar-refractivity contribution in [2.75, 3.05) is 7.05 Å². The summed E-state index contributed by atoms with van der Waals surface area (Å²) in [5, 5.41) is 4.59. The second kappa shape index (κ2) is 7.43. The highest BCUT2D eigenvalue weighted by Gasteiger charge is 2.22. The topological polar surface area (TPSA) is 55.2 Å². The van der Waals surface area contributed by atoms with E-state index in [4.69, 9.17) is 0 Å². The van der Waals surface area contributed by atoms with Gasteiger partial charge in [0.2, 0.25) is 10.0 Å². The second-order valence-electron chi connectivity index (χ2n) is 6.39. The van der Waals surface area contributed by atoms with Crippen molar-refractivity contribution in [3.05, 3.63) is 83.2 Å². The molecule has 0 aliphatic rings. The van der Waals surface area contributed by atoms with E-state index >= 15 is 0 Å². The Kier molecular flexibility index (Phi) is 5.25. The van der Waals surface area contributed by atoms with Crippen molar-refractivity contribution in [3.8, 4) is 5.69 Å². The van der Waals surface area contributed by atoms with Crippen LogP contribution in [0.4, 0.5) is 0 Å². The minimum Gasteiger partial charge on any atom is -0.238 e. The van der Waals surface area contributed by atoms with E-state index in [-0.39, 0.29) is 5.75 Å². The molecule has 0 atom stereocenters. The lowest BCUT2D eigenvalue weighted by atomic mass is 10.2. The largest absolute Gasteiger partial charge is 0.238 e. The molecule has 26 heavy (non-hydrogen) atoms. The summed E-state index contributed by atoms with van der Waals surface area (Å²) >= 11 is 0. The van der Waals surface area contributed by atoms with Gasteiger partial charge in [0.05, 0.1) is 17.1 Å². The van der Waals surface area contributed by atoms with Gasteiger partial charge >= 0.3 is 0 Å². The summed E-state index contributed by atoms with van der Waals surface area (Å²) < 4.78 is 28.7. The first kappa shape index (κ1) is 18.4. The van der Waals surface area contributed by atoms with Crippen molar-refractivity contribution in [1.29, 1.82) is 0 Å². The Morgan fingerprint density at radius 2 is 1.54 bits per heavy atom. The highest BCUT2D eigenvalue weighted by Crippen LogP contribution is 2.21. The summed E-state index contributed by atoms with van der Waals surface area (Å²) in [5.74, 6) is -0.00470. The van der Waals surface area contributed by atoms with Crippen LogP contribution in [-0.2, 0) is 22.3 Å². The van der Waals surface area contributed by atoms with Crippen LogP contribution in [-0.4, -0.2) is 29.6 Å². The van der Waals surface area contributed by atoms with Gasteiger partial charge in [0.1, 0.15) is 0 Å². The Labute approximate surface area is 154 Å². The van der Waals surface area contributed by atoms with E-state index in [0.29, 0.717) is 6.54 Å². The molecule has 0 saturated heterocycles. The maximum absolute atomic E-state index is 12.7. The average Bonchev–Trinajstić information content (AvgIpc) is 2.91. The van der Waals surface area contributed by atoms with Crippen LogP contribution in [0.2, 0.25) is 0 Å². The van der Waals surface area contributed by atoms with E-state index in [9.17, 15) is 8.42 Å². The van der Waals surface area contributed by atoms with Crippen LogP contribution in [0.3, 0.4) is 0 Å². The van der Waals surface area contributed by atoms with Gasteiger partial charge in [0.15, 0.2) is 0 Å². The fourth-order valence-corrected chi connectivity index (χ4v) is 4.10. The van der Waals surface area contributed by atoms with Gasteiger partial charge in [-0.25, -0.2) is 17.4 Å². The fraction of sp³-hybridized carbons (Fsp3) is 0.250. The van der Waals surface area contributed by atoms with Gasteiger partial charge in [-0.2, -0.15) is 5.10 Å². The van der Waals surface area contributed by atoms with E-state index in [1.54, 1.807) is 7.05 Å². The van der Waals surface area contributed by atoms with E-state index < -0.39 is 10.0 Å². The third-order valence-electron chi connectivity index (χ3n) is 4.49. The molecule has 0 saturated carbocycles. The molecule has 136 valence electrons. The third kappa shape index (κ3) is 3.86. The van der Waals surface area contributed by atoms with Crippen LogP contribution in [0, 0.1) is 13.8 Å². The van der Waals surface area contributed by atoms with E-state index in [1.807, 2.05) is 79.2 Å². The Morgan fingerprint density at radius 3 is 2.15 bits per heavy atom. The highest BCUT2D eigenvalue weighted by molar-refractivity contribution is 7.88. The van der Waals surface area contributed by atoms with Gasteiger partial charge in [-0.1, -0.05) is 48.5 Å². The van der Waals surface area contributed by atoms with Gasteiger partial charge in [0, 0.05) is 24.8 Å². The van der Waals surface area contributed by atoms with Crippen molar-refractivity contribution >= 4 is 10.0 Å². The standard InChI is InChI=1S/C20H23N3O2S/c1-16-20(17(2)23(21-16)19-12-8-5-9-13-19)14-22(3)26(24,25)15-18-10-6-4-7-11-18/h4-13H,14-15H2,1-3H3. The summed E-state index contributed by atoms with van der Waals surface area (Å²) in [4.78, 5) is 0. The Morgan fingerprint density at radius 1 is 0.962 bits per heavy atom. The van der Waals surface area contributed by atoms with Crippen LogP contribution in [0.25, 0.3) is 5.69 Å². The van der Waals surface area contributed by atoms with Gasteiger partial charge in [0.25, 0.3) is 0 Å². The molecule has 5 nitrogen and oxygen atoms in total. The van der Waals surface area contributed by atoms with Crippen LogP contribution < -0.4 is 0 Å². The molecule has 0 radical (unpaired) electrons. The van der Waals surface area contributed by atoms with Crippen molar-refractivity contribution in [3.63, 3.8) is 0 Å². The number of benzene rings is 2. The number of nitrogens with zero attached hydrogens (tertiary/aromatic N) is 3. The maximum Gasteiger partial charge on any atom is 0.218 e. The average molecular weight is 369 g/mol. The zero-order chi connectivity index (χ0) is 18.7. The van der Waals surface area contributed by atoms with Crippen molar-refractivity contribution < 1.29 is 8.42 Å². The molecule has 0 spiro atoms. The molecule has 3 aromatic rings. The molecule has 0 N–H and O–H groups in total. The molecule has 3 rings (SSSR count). The minimum atomic E-state index is -3.40. The van der Waals surface area contributed by atoms with Crippen LogP contribution >= 0.6 is 0 Å². The number of para-hydroxylation sites is 1. The number of rotatable bonds is 6. The van der Waals surface area contributed by atoms with E-state index in [2.05, 4.69) is 5.10 Å². The summed E-state index contributed by atoms with van der Waals surface area (Å²) in [6, 6.07) is 19.1. The molecule has 2 aromatic carbocycles. The fourth-order valence-electron chi connectivity index (χ4n) is 2.94. The summed E-state index contributed by atoms with van der Waals surface area (Å²) in [6.07, 6.45) is 0. The van der Waals surface area contributed by atoms with Crippen LogP contribution in [0.15, 0.2) is 60.7 Å². The SMILES string of the molecule is Cc1nn(-c2ccccc2)c(C)c1CN(C)S(=O)(=O)Cc1ccccc1. The first-order valence-corrected chi connectivity index (χ1v) is 10.1. The zero-order valence-electron chi connectivity index (χ0n) is 15.3. The number of aryl methyl sites for hydroxylation is 1. The number of aromatic nitrogens is 2.